The molecule has 0 radical (unpaired) electrons. The summed E-state index contributed by atoms with van der Waals surface area (Å²) in [6.45, 7) is 0. The van der Waals surface area contributed by atoms with Crippen LogP contribution in [0.4, 0.5) is 13.2 Å². The first kappa shape index (κ1) is 15.4. The molecular weight excluding hydrogens is 317 g/mol. The summed E-state index contributed by atoms with van der Waals surface area (Å²) < 4.78 is 70.1. The van der Waals surface area contributed by atoms with E-state index in [4.69, 9.17) is 0 Å². The Morgan fingerprint density at radius 2 is 1.80 bits per heavy atom. The van der Waals surface area contributed by atoms with Gasteiger partial charge in [0.25, 0.3) is 5.79 Å². The molecule has 0 amide bonds. The van der Waals surface area contributed by atoms with Crippen LogP contribution in [0.2, 0.25) is 0 Å². The molecule has 4 N–H and O–H groups in total. The third-order valence-corrected chi connectivity index (χ3v) is 3.69. The highest BCUT2D eigenvalue weighted by Crippen LogP contribution is 2.51. The van der Waals surface area contributed by atoms with Crippen LogP contribution in [-0.2, 0) is 23.8 Å². The zero-order chi connectivity index (χ0) is 15.6. The number of ether oxygens (including phenoxy) is 2. The number of hydrogen-bond donors (Lipinski definition) is 4. The third kappa shape index (κ3) is 1.68. The summed E-state index contributed by atoms with van der Waals surface area (Å²) in [7, 11) is -6.44. The van der Waals surface area contributed by atoms with Gasteiger partial charge in [-0.15, -0.1) is 0 Å². The molecule has 2 aliphatic heterocycles. The molecule has 2 heterocycles. The number of aliphatic hydroxyl groups excluding tert-OH is 1. The van der Waals surface area contributed by atoms with Crippen LogP contribution < -0.4 is 0 Å². The molecule has 0 spiro atoms. The molecule has 1 saturated heterocycles. The minimum absolute atomic E-state index is 0.500. The summed E-state index contributed by atoms with van der Waals surface area (Å²) >= 11 is 0. The Morgan fingerprint density at radius 3 is 2.30 bits per heavy atom. The van der Waals surface area contributed by atoms with Crippen LogP contribution in [0.1, 0.15) is 0 Å². The normalized spacial score (nSPS) is 44.5. The average Bonchev–Trinajstić information content (AvgIpc) is 2.59. The second kappa shape index (κ2) is 3.82. The number of aliphatic hydroxyl groups is 4. The zero-order valence-electron chi connectivity index (χ0n) is 9.10. The van der Waals surface area contributed by atoms with E-state index in [1.165, 1.54) is 0 Å². The van der Waals surface area contributed by atoms with Gasteiger partial charge in [0.15, 0.2) is 0 Å². The van der Waals surface area contributed by atoms with Gasteiger partial charge in [0.05, 0.1) is 6.26 Å². The number of rotatable bonds is 2. The Labute approximate surface area is 108 Å². The molecule has 1 fully saturated rings. The zero-order valence-corrected chi connectivity index (χ0v) is 9.92. The smallest absolute Gasteiger partial charge is 0.460 e. The monoisotopic (exact) mass is 324 g/mol. The molecule has 2 rings (SSSR count). The summed E-state index contributed by atoms with van der Waals surface area (Å²) in [5.41, 5.74) is -5.97. The van der Waals surface area contributed by atoms with Gasteiger partial charge in [-0.3, -0.25) is 0 Å². The van der Waals surface area contributed by atoms with Crippen molar-refractivity contribution in [2.75, 3.05) is 0 Å². The fraction of sp³-hybridized carbons (Fsp3) is 0.714. The second-order valence-electron chi connectivity index (χ2n) is 3.91. The first-order valence-electron chi connectivity index (χ1n) is 4.69. The molecule has 116 valence electrons. The SMILES string of the molecule is O=S(=O)(OC1(O)C(O)OC2(O)C=COC21O)C(F)(F)F. The van der Waals surface area contributed by atoms with E-state index in [0.29, 0.717) is 12.3 Å². The summed E-state index contributed by atoms with van der Waals surface area (Å²) in [6.07, 6.45) is -1.85. The standard InChI is InChI=1S/C7H7F3O9S/c8-7(9,10)20(15,16)19-5(13)3(11)18-4(12)1-2-17-6(4,5)14/h1-3,11-14H. The molecule has 4 atom stereocenters. The van der Waals surface area contributed by atoms with E-state index in [1.54, 1.807) is 0 Å². The second-order valence-corrected chi connectivity index (χ2v) is 5.45. The molecule has 0 aromatic carbocycles. The highest BCUT2D eigenvalue weighted by molar-refractivity contribution is 7.87. The van der Waals surface area contributed by atoms with Crippen LogP contribution in [0.15, 0.2) is 12.3 Å². The molecule has 4 unspecified atom stereocenters. The topological polar surface area (TPSA) is 143 Å². The summed E-state index contributed by atoms with van der Waals surface area (Å²) in [5, 5.41) is 38.4. The fourth-order valence-corrected chi connectivity index (χ4v) is 2.24. The van der Waals surface area contributed by atoms with Gasteiger partial charge >= 0.3 is 27.2 Å². The Hall–Kier alpha value is -0.960. The maximum Gasteiger partial charge on any atom is 0.523 e. The molecule has 0 aromatic heterocycles. The van der Waals surface area contributed by atoms with E-state index in [1.807, 2.05) is 0 Å². The van der Waals surface area contributed by atoms with Gasteiger partial charge in [0.1, 0.15) is 0 Å². The number of hydrogen-bond acceptors (Lipinski definition) is 9. The van der Waals surface area contributed by atoms with Crippen LogP contribution in [0.25, 0.3) is 0 Å². The van der Waals surface area contributed by atoms with Gasteiger partial charge in [-0.2, -0.15) is 21.6 Å². The Morgan fingerprint density at radius 1 is 1.25 bits per heavy atom. The molecule has 0 aromatic rings. The highest BCUT2D eigenvalue weighted by Gasteiger charge is 2.80. The number of halogens is 3. The summed E-state index contributed by atoms with van der Waals surface area (Å²) in [4.78, 5) is 0. The minimum Gasteiger partial charge on any atom is -0.460 e. The molecule has 0 saturated carbocycles. The lowest BCUT2D eigenvalue weighted by Gasteiger charge is -2.35. The van der Waals surface area contributed by atoms with E-state index in [0.717, 1.165) is 0 Å². The average molecular weight is 324 g/mol. The van der Waals surface area contributed by atoms with Crippen molar-refractivity contribution in [3.05, 3.63) is 12.3 Å². The molecule has 2 aliphatic rings. The predicted octanol–water partition coefficient (Wildman–Crippen LogP) is -2.19. The van der Waals surface area contributed by atoms with E-state index in [2.05, 4.69) is 13.7 Å². The maximum atomic E-state index is 12.2. The van der Waals surface area contributed by atoms with E-state index < -0.39 is 39.3 Å². The van der Waals surface area contributed by atoms with E-state index in [9.17, 15) is 42.0 Å². The van der Waals surface area contributed by atoms with E-state index >= 15 is 0 Å². The van der Waals surface area contributed by atoms with Gasteiger partial charge < -0.3 is 29.9 Å². The van der Waals surface area contributed by atoms with Gasteiger partial charge in [0, 0.05) is 6.08 Å². The molecule has 9 nitrogen and oxygen atoms in total. The quantitative estimate of drug-likeness (QED) is 0.253. The van der Waals surface area contributed by atoms with Gasteiger partial charge in [0.2, 0.25) is 6.29 Å². The lowest BCUT2D eigenvalue weighted by Crippen LogP contribution is -2.65. The Kier molecular flexibility index (Phi) is 2.95. The Balaban J connectivity index is 2.46. The van der Waals surface area contributed by atoms with Crippen LogP contribution in [-0.4, -0.2) is 58.0 Å². The molecule has 13 heteroatoms. The van der Waals surface area contributed by atoms with Crippen molar-refractivity contribution in [3.63, 3.8) is 0 Å². The first-order chi connectivity index (χ1) is 8.79. The van der Waals surface area contributed by atoms with Crippen molar-refractivity contribution in [3.8, 4) is 0 Å². The fourth-order valence-electron chi connectivity index (χ4n) is 1.61. The van der Waals surface area contributed by atoms with Crippen molar-refractivity contribution in [1.29, 1.82) is 0 Å². The molecule has 0 bridgehead atoms. The summed E-state index contributed by atoms with van der Waals surface area (Å²) in [5.74, 6) is -10.5. The Bertz CT molecular complexity index is 558. The first-order valence-corrected chi connectivity index (χ1v) is 6.10. The van der Waals surface area contributed by atoms with Gasteiger partial charge in [-0.05, 0) is 0 Å². The van der Waals surface area contributed by atoms with Crippen molar-refractivity contribution < 1.29 is 55.7 Å². The van der Waals surface area contributed by atoms with Crippen molar-refractivity contribution in [2.45, 2.75) is 29.2 Å². The van der Waals surface area contributed by atoms with Crippen LogP contribution >= 0.6 is 0 Å². The van der Waals surface area contributed by atoms with Crippen molar-refractivity contribution in [1.82, 2.24) is 0 Å². The molecule has 0 aliphatic carbocycles. The van der Waals surface area contributed by atoms with Crippen molar-refractivity contribution in [2.24, 2.45) is 0 Å². The van der Waals surface area contributed by atoms with E-state index in [-0.39, 0.29) is 0 Å². The van der Waals surface area contributed by atoms with Gasteiger partial charge in [-0.25, -0.2) is 4.18 Å². The lowest BCUT2D eigenvalue weighted by atomic mass is 10.0. The van der Waals surface area contributed by atoms with Crippen LogP contribution in [0.5, 0.6) is 0 Å². The minimum atomic E-state index is -6.44. The largest absolute Gasteiger partial charge is 0.523 e. The third-order valence-electron chi connectivity index (χ3n) is 2.65. The maximum absolute atomic E-state index is 12.2. The summed E-state index contributed by atoms with van der Waals surface area (Å²) in [6, 6.07) is 0. The predicted molar refractivity (Wildman–Crippen MR) is 48.2 cm³/mol. The molecular formula is C7H7F3O9S. The lowest BCUT2D eigenvalue weighted by molar-refractivity contribution is -0.370. The number of fused-ring (bicyclic) bond motifs is 1. The highest BCUT2D eigenvalue weighted by atomic mass is 32.2. The molecule has 20 heavy (non-hydrogen) atoms. The van der Waals surface area contributed by atoms with Crippen LogP contribution in [0.3, 0.4) is 0 Å². The number of alkyl halides is 3. The van der Waals surface area contributed by atoms with Gasteiger partial charge in [-0.1, -0.05) is 0 Å². The van der Waals surface area contributed by atoms with Crippen molar-refractivity contribution >= 4 is 10.1 Å². The van der Waals surface area contributed by atoms with Crippen LogP contribution in [0, 0.1) is 0 Å².